The maximum Gasteiger partial charge on any atom is 0.311 e. The Morgan fingerprint density at radius 3 is 2.20 bits per heavy atom. The third kappa shape index (κ3) is 9.28. The molecule has 0 atom stereocenters. The summed E-state index contributed by atoms with van der Waals surface area (Å²) in [5, 5.41) is 0. The molecule has 0 unspecified atom stereocenters. The summed E-state index contributed by atoms with van der Waals surface area (Å²) in [4.78, 5) is 23.6. The van der Waals surface area contributed by atoms with Gasteiger partial charge in [0.2, 0.25) is 0 Å². The topological polar surface area (TPSA) is 52.6 Å². The summed E-state index contributed by atoms with van der Waals surface area (Å²) in [7, 11) is 0. The number of esters is 2. The molecule has 0 aliphatic carbocycles. The lowest BCUT2D eigenvalue weighted by atomic mass is 10.0. The van der Waals surface area contributed by atoms with Crippen molar-refractivity contribution in [2.24, 2.45) is 5.92 Å². The SMILES string of the molecule is CC(C)CCCOC(=O)CCCCC(=O)Oc1ccccc1C(C)C. The van der Waals surface area contributed by atoms with Gasteiger partial charge in [0.25, 0.3) is 0 Å². The van der Waals surface area contributed by atoms with Crippen LogP contribution in [0.15, 0.2) is 24.3 Å². The van der Waals surface area contributed by atoms with E-state index in [2.05, 4.69) is 27.7 Å². The van der Waals surface area contributed by atoms with Crippen LogP contribution in [0.5, 0.6) is 5.75 Å². The molecule has 1 aromatic carbocycles. The summed E-state index contributed by atoms with van der Waals surface area (Å²) in [6.45, 7) is 8.94. The van der Waals surface area contributed by atoms with Crippen molar-refractivity contribution in [2.45, 2.75) is 72.1 Å². The van der Waals surface area contributed by atoms with E-state index < -0.39 is 0 Å². The van der Waals surface area contributed by atoms with E-state index in [0.717, 1.165) is 18.4 Å². The summed E-state index contributed by atoms with van der Waals surface area (Å²) in [5.74, 6) is 1.13. The van der Waals surface area contributed by atoms with Crippen LogP contribution in [-0.4, -0.2) is 18.5 Å². The molecule has 1 aromatic rings. The van der Waals surface area contributed by atoms with Gasteiger partial charge in [0.05, 0.1) is 6.61 Å². The van der Waals surface area contributed by atoms with Crippen molar-refractivity contribution in [3.63, 3.8) is 0 Å². The summed E-state index contributed by atoms with van der Waals surface area (Å²) in [6.07, 6.45) is 3.92. The van der Waals surface area contributed by atoms with E-state index in [1.54, 1.807) is 0 Å². The Kier molecular flexibility index (Phi) is 9.90. The molecule has 1 rings (SSSR count). The number of carbonyl (C=O) groups is 2. The van der Waals surface area contributed by atoms with Gasteiger partial charge >= 0.3 is 11.9 Å². The smallest absolute Gasteiger partial charge is 0.311 e. The van der Waals surface area contributed by atoms with Crippen LogP contribution < -0.4 is 4.74 Å². The zero-order valence-corrected chi connectivity index (χ0v) is 16.0. The molecule has 0 bridgehead atoms. The van der Waals surface area contributed by atoms with Gasteiger partial charge < -0.3 is 9.47 Å². The lowest BCUT2D eigenvalue weighted by Gasteiger charge is -2.12. The fourth-order valence-corrected chi connectivity index (χ4v) is 2.51. The lowest BCUT2D eigenvalue weighted by Crippen LogP contribution is -2.10. The lowest BCUT2D eigenvalue weighted by molar-refractivity contribution is -0.144. The molecule has 0 saturated carbocycles. The van der Waals surface area contributed by atoms with Crippen molar-refractivity contribution in [1.29, 1.82) is 0 Å². The molecule has 0 heterocycles. The average Bonchev–Trinajstić information content (AvgIpc) is 2.55. The number of unbranched alkanes of at least 4 members (excludes halogenated alkanes) is 1. The van der Waals surface area contributed by atoms with Crippen LogP contribution in [0.25, 0.3) is 0 Å². The highest BCUT2D eigenvalue weighted by molar-refractivity contribution is 5.73. The Hall–Kier alpha value is -1.84. The second-order valence-corrected chi connectivity index (χ2v) is 7.13. The predicted octanol–water partition coefficient (Wildman–Crippen LogP) is 5.26. The Morgan fingerprint density at radius 2 is 1.56 bits per heavy atom. The van der Waals surface area contributed by atoms with Gasteiger partial charge in [-0.15, -0.1) is 0 Å². The van der Waals surface area contributed by atoms with E-state index in [1.165, 1.54) is 0 Å². The molecule has 0 radical (unpaired) electrons. The number of rotatable bonds is 11. The zero-order chi connectivity index (χ0) is 18.7. The van der Waals surface area contributed by atoms with Crippen LogP contribution >= 0.6 is 0 Å². The first kappa shape index (κ1) is 21.2. The second-order valence-electron chi connectivity index (χ2n) is 7.13. The maximum atomic E-state index is 12.0. The predicted molar refractivity (Wildman–Crippen MR) is 99.7 cm³/mol. The molecule has 0 amide bonds. The molecule has 25 heavy (non-hydrogen) atoms. The normalized spacial score (nSPS) is 11.0. The van der Waals surface area contributed by atoms with E-state index in [9.17, 15) is 9.59 Å². The second kappa shape index (κ2) is 11.7. The summed E-state index contributed by atoms with van der Waals surface area (Å²) >= 11 is 0. The summed E-state index contributed by atoms with van der Waals surface area (Å²) in [6, 6.07) is 7.60. The first-order chi connectivity index (χ1) is 11.9. The molecule has 4 heteroatoms. The summed E-state index contributed by atoms with van der Waals surface area (Å²) in [5.41, 5.74) is 1.03. The van der Waals surface area contributed by atoms with Gasteiger partial charge in [-0.25, -0.2) is 0 Å². The highest BCUT2D eigenvalue weighted by Gasteiger charge is 2.11. The first-order valence-corrected chi connectivity index (χ1v) is 9.35. The standard InChI is InChI=1S/C21H32O4/c1-16(2)10-9-15-24-20(22)13-7-8-14-21(23)25-19-12-6-5-11-18(19)17(3)4/h5-6,11-12,16-17H,7-10,13-15H2,1-4H3. The van der Waals surface area contributed by atoms with Crippen molar-refractivity contribution in [3.8, 4) is 5.75 Å². The number of ether oxygens (including phenoxy) is 2. The van der Waals surface area contributed by atoms with E-state index in [4.69, 9.17) is 9.47 Å². The van der Waals surface area contributed by atoms with Gasteiger partial charge in [-0.2, -0.15) is 0 Å². The molecule has 0 aliphatic rings. The molecule has 140 valence electrons. The van der Waals surface area contributed by atoms with Crippen molar-refractivity contribution in [1.82, 2.24) is 0 Å². The molecular formula is C21H32O4. The fraction of sp³-hybridized carbons (Fsp3) is 0.619. The molecule has 0 aromatic heterocycles. The number of hydrogen-bond acceptors (Lipinski definition) is 4. The molecule has 0 N–H and O–H groups in total. The molecule has 0 spiro atoms. The van der Waals surface area contributed by atoms with Crippen LogP contribution in [-0.2, 0) is 14.3 Å². The average molecular weight is 348 g/mol. The first-order valence-electron chi connectivity index (χ1n) is 9.35. The Balaban J connectivity index is 2.20. The third-order valence-corrected chi connectivity index (χ3v) is 3.97. The molecular weight excluding hydrogens is 316 g/mol. The minimum atomic E-state index is -0.251. The number of para-hydroxylation sites is 1. The largest absolute Gasteiger partial charge is 0.466 e. The van der Waals surface area contributed by atoms with Gasteiger partial charge in [-0.1, -0.05) is 45.9 Å². The number of carbonyl (C=O) groups excluding carboxylic acids is 2. The van der Waals surface area contributed by atoms with E-state index in [-0.39, 0.29) is 11.9 Å². The number of hydrogen-bond donors (Lipinski definition) is 0. The number of benzene rings is 1. The van der Waals surface area contributed by atoms with E-state index in [0.29, 0.717) is 49.9 Å². The third-order valence-electron chi connectivity index (χ3n) is 3.97. The van der Waals surface area contributed by atoms with Crippen molar-refractivity contribution >= 4 is 11.9 Å². The van der Waals surface area contributed by atoms with Crippen LogP contribution in [0.4, 0.5) is 0 Å². The van der Waals surface area contributed by atoms with Crippen LogP contribution in [0.1, 0.15) is 77.7 Å². The Bertz CT molecular complexity index is 534. The van der Waals surface area contributed by atoms with Crippen LogP contribution in [0.3, 0.4) is 0 Å². The van der Waals surface area contributed by atoms with Gasteiger partial charge in [0.1, 0.15) is 5.75 Å². The van der Waals surface area contributed by atoms with Gasteiger partial charge in [-0.3, -0.25) is 9.59 Å². The molecule has 0 fully saturated rings. The Morgan fingerprint density at radius 1 is 0.920 bits per heavy atom. The van der Waals surface area contributed by atoms with Gasteiger partial charge in [-0.05, 0) is 49.1 Å². The highest BCUT2D eigenvalue weighted by Crippen LogP contribution is 2.26. The minimum Gasteiger partial charge on any atom is -0.466 e. The maximum absolute atomic E-state index is 12.0. The Labute approximate surface area is 151 Å². The van der Waals surface area contributed by atoms with Gasteiger partial charge in [0, 0.05) is 12.8 Å². The minimum absolute atomic E-state index is 0.178. The quantitative estimate of drug-likeness (QED) is 0.311. The van der Waals surface area contributed by atoms with Crippen LogP contribution in [0, 0.1) is 5.92 Å². The van der Waals surface area contributed by atoms with E-state index in [1.807, 2.05) is 24.3 Å². The van der Waals surface area contributed by atoms with E-state index >= 15 is 0 Å². The molecule has 0 saturated heterocycles. The highest BCUT2D eigenvalue weighted by atomic mass is 16.5. The van der Waals surface area contributed by atoms with Crippen LogP contribution in [0.2, 0.25) is 0 Å². The zero-order valence-electron chi connectivity index (χ0n) is 16.0. The van der Waals surface area contributed by atoms with Crippen molar-refractivity contribution in [3.05, 3.63) is 29.8 Å². The summed E-state index contributed by atoms with van der Waals surface area (Å²) < 4.78 is 10.6. The molecule has 4 nitrogen and oxygen atoms in total. The van der Waals surface area contributed by atoms with Gasteiger partial charge in [0.15, 0.2) is 0 Å². The van der Waals surface area contributed by atoms with Crippen molar-refractivity contribution in [2.75, 3.05) is 6.61 Å². The fourth-order valence-electron chi connectivity index (χ4n) is 2.51. The monoisotopic (exact) mass is 348 g/mol. The van der Waals surface area contributed by atoms with Crippen molar-refractivity contribution < 1.29 is 19.1 Å². The molecule has 0 aliphatic heterocycles.